The van der Waals surface area contributed by atoms with Crippen LogP contribution in [0.25, 0.3) is 0 Å². The molecule has 88 valence electrons. The molecule has 1 saturated heterocycles. The first kappa shape index (κ1) is 11.1. The zero-order valence-corrected chi connectivity index (χ0v) is 9.73. The molecule has 1 aliphatic rings. The Balaban J connectivity index is 2.04. The van der Waals surface area contributed by atoms with Crippen LogP contribution in [0, 0.1) is 12.8 Å². The highest BCUT2D eigenvalue weighted by Crippen LogP contribution is 2.30. The molecule has 1 N–H and O–H groups in total. The van der Waals surface area contributed by atoms with Gasteiger partial charge in [0, 0.05) is 0 Å². The molecule has 2 heterocycles. The van der Waals surface area contributed by atoms with Crippen LogP contribution in [0.15, 0.2) is 10.7 Å². The lowest BCUT2D eigenvalue weighted by molar-refractivity contribution is -0.110. The summed E-state index contributed by atoms with van der Waals surface area (Å²) in [5.41, 5.74) is -0.258. The summed E-state index contributed by atoms with van der Waals surface area (Å²) in [6.45, 7) is 6.37. The summed E-state index contributed by atoms with van der Waals surface area (Å²) in [7, 11) is 0. The molecule has 5 nitrogen and oxygen atoms in total. The largest absolute Gasteiger partial charge is 0.386 e. The van der Waals surface area contributed by atoms with Gasteiger partial charge in [-0.1, -0.05) is 19.0 Å². The lowest BCUT2D eigenvalue weighted by Crippen LogP contribution is -2.65. The van der Waals surface area contributed by atoms with E-state index in [1.807, 2.05) is 13.8 Å². The Bertz CT molecular complexity index is 405. The van der Waals surface area contributed by atoms with Gasteiger partial charge in [-0.2, -0.15) is 0 Å². The maximum Gasteiger partial charge on any atom is 0.259 e. The molecule has 1 aromatic rings. The number of hydrogen-bond donors (Lipinski definition) is 1. The van der Waals surface area contributed by atoms with Crippen molar-refractivity contribution in [2.24, 2.45) is 5.92 Å². The van der Waals surface area contributed by atoms with E-state index < -0.39 is 5.60 Å². The Morgan fingerprint density at radius 1 is 1.62 bits per heavy atom. The van der Waals surface area contributed by atoms with Crippen molar-refractivity contribution in [2.75, 3.05) is 13.1 Å². The number of carbonyl (C=O) groups is 1. The van der Waals surface area contributed by atoms with Crippen molar-refractivity contribution in [2.45, 2.75) is 26.4 Å². The van der Waals surface area contributed by atoms with Crippen LogP contribution in [-0.2, 0) is 0 Å². The van der Waals surface area contributed by atoms with E-state index in [0.29, 0.717) is 24.4 Å². The molecule has 0 bridgehead atoms. The molecular weight excluding hydrogens is 208 g/mol. The fourth-order valence-electron chi connectivity index (χ4n) is 1.80. The molecule has 5 heteroatoms. The van der Waals surface area contributed by atoms with Gasteiger partial charge in [0.05, 0.1) is 19.3 Å². The molecule has 2 rings (SSSR count). The normalized spacial score (nSPS) is 18.7. The Kier molecular flexibility index (Phi) is 2.50. The van der Waals surface area contributed by atoms with Gasteiger partial charge in [-0.3, -0.25) is 4.79 Å². The number of nitrogens with zero attached hydrogens (tertiary/aromatic N) is 2. The number of aromatic nitrogens is 1. The van der Waals surface area contributed by atoms with Crippen LogP contribution >= 0.6 is 0 Å². The fourth-order valence-corrected chi connectivity index (χ4v) is 1.80. The molecule has 0 spiro atoms. The maximum absolute atomic E-state index is 11.9. The first-order valence-electron chi connectivity index (χ1n) is 5.37. The van der Waals surface area contributed by atoms with E-state index in [9.17, 15) is 9.90 Å². The minimum atomic E-state index is -0.735. The average Bonchev–Trinajstić information content (AvgIpc) is 2.58. The lowest BCUT2D eigenvalue weighted by Gasteiger charge is -2.48. The Morgan fingerprint density at radius 3 is 2.69 bits per heavy atom. The zero-order valence-electron chi connectivity index (χ0n) is 9.73. The van der Waals surface area contributed by atoms with Crippen molar-refractivity contribution < 1.29 is 14.4 Å². The number of aliphatic hydroxyl groups is 1. The highest BCUT2D eigenvalue weighted by molar-refractivity contribution is 5.95. The molecule has 1 fully saturated rings. The predicted octanol–water partition coefficient (Wildman–Crippen LogP) is 0.826. The molecule has 1 amide bonds. The van der Waals surface area contributed by atoms with Crippen molar-refractivity contribution in [1.29, 1.82) is 0 Å². The highest BCUT2D eigenvalue weighted by atomic mass is 16.5. The number of hydrogen-bond acceptors (Lipinski definition) is 4. The van der Waals surface area contributed by atoms with Crippen LogP contribution in [0.1, 0.15) is 30.0 Å². The molecule has 0 saturated carbocycles. The number of likely N-dealkylation sites (tertiary alicyclic amines) is 1. The van der Waals surface area contributed by atoms with E-state index in [1.165, 1.54) is 6.20 Å². The van der Waals surface area contributed by atoms with E-state index in [0.717, 1.165) is 0 Å². The van der Waals surface area contributed by atoms with Crippen LogP contribution in [0.3, 0.4) is 0 Å². The van der Waals surface area contributed by atoms with Gasteiger partial charge in [-0.05, 0) is 12.8 Å². The summed E-state index contributed by atoms with van der Waals surface area (Å²) in [6, 6.07) is 0. The summed E-state index contributed by atoms with van der Waals surface area (Å²) >= 11 is 0. The standard InChI is InChI=1S/C11H16N2O3/c1-7(2)11(15)5-13(6-11)10(14)9-4-12-16-8(9)3/h4,7,15H,5-6H2,1-3H3. The van der Waals surface area contributed by atoms with Gasteiger partial charge in [0.25, 0.3) is 5.91 Å². The molecule has 1 aliphatic heterocycles. The summed E-state index contributed by atoms with van der Waals surface area (Å²) in [5, 5.41) is 13.6. The number of aryl methyl sites for hydroxylation is 1. The fraction of sp³-hybridized carbons (Fsp3) is 0.636. The molecule has 0 aliphatic carbocycles. The third-order valence-electron chi connectivity index (χ3n) is 3.27. The monoisotopic (exact) mass is 224 g/mol. The van der Waals surface area contributed by atoms with E-state index in [-0.39, 0.29) is 11.8 Å². The smallest absolute Gasteiger partial charge is 0.259 e. The second-order valence-corrected chi connectivity index (χ2v) is 4.72. The van der Waals surface area contributed by atoms with E-state index in [4.69, 9.17) is 4.52 Å². The molecule has 1 aromatic heterocycles. The van der Waals surface area contributed by atoms with Gasteiger partial charge in [-0.15, -0.1) is 0 Å². The number of rotatable bonds is 2. The minimum absolute atomic E-state index is 0.121. The second-order valence-electron chi connectivity index (χ2n) is 4.72. The lowest BCUT2D eigenvalue weighted by atomic mass is 9.82. The van der Waals surface area contributed by atoms with E-state index in [1.54, 1.807) is 11.8 Å². The predicted molar refractivity (Wildman–Crippen MR) is 56.9 cm³/mol. The third kappa shape index (κ3) is 1.61. The van der Waals surface area contributed by atoms with Gasteiger partial charge in [0.1, 0.15) is 16.9 Å². The van der Waals surface area contributed by atoms with Crippen molar-refractivity contribution >= 4 is 5.91 Å². The first-order chi connectivity index (χ1) is 7.44. The summed E-state index contributed by atoms with van der Waals surface area (Å²) in [4.78, 5) is 13.5. The van der Waals surface area contributed by atoms with E-state index >= 15 is 0 Å². The van der Waals surface area contributed by atoms with Gasteiger partial charge < -0.3 is 14.5 Å². The summed E-state index contributed by atoms with van der Waals surface area (Å²) in [5.74, 6) is 0.550. The number of amides is 1. The number of β-amino-alcohol motifs (C(OH)–C–C–N with tert-alkyl or cyclic N) is 1. The Hall–Kier alpha value is -1.36. The molecule has 0 unspecified atom stereocenters. The van der Waals surface area contributed by atoms with Crippen molar-refractivity contribution in [1.82, 2.24) is 10.1 Å². The highest BCUT2D eigenvalue weighted by Gasteiger charge is 2.46. The molecule has 0 aromatic carbocycles. The Morgan fingerprint density at radius 2 is 2.25 bits per heavy atom. The molecule has 0 atom stereocenters. The van der Waals surface area contributed by atoms with Crippen LogP contribution in [0.2, 0.25) is 0 Å². The van der Waals surface area contributed by atoms with Crippen LogP contribution < -0.4 is 0 Å². The van der Waals surface area contributed by atoms with Gasteiger partial charge in [-0.25, -0.2) is 0 Å². The quantitative estimate of drug-likeness (QED) is 0.807. The summed E-state index contributed by atoms with van der Waals surface area (Å²) in [6.07, 6.45) is 1.42. The SMILES string of the molecule is Cc1oncc1C(=O)N1CC(O)(C(C)C)C1. The van der Waals surface area contributed by atoms with Gasteiger partial charge >= 0.3 is 0 Å². The third-order valence-corrected chi connectivity index (χ3v) is 3.27. The minimum Gasteiger partial charge on any atom is -0.386 e. The second kappa shape index (κ2) is 3.59. The maximum atomic E-state index is 11.9. The molecule has 0 radical (unpaired) electrons. The topological polar surface area (TPSA) is 66.6 Å². The van der Waals surface area contributed by atoms with Crippen LogP contribution in [0.4, 0.5) is 0 Å². The number of carbonyl (C=O) groups excluding carboxylic acids is 1. The molecular formula is C11H16N2O3. The van der Waals surface area contributed by atoms with Crippen molar-refractivity contribution in [3.05, 3.63) is 17.5 Å². The first-order valence-corrected chi connectivity index (χ1v) is 5.37. The van der Waals surface area contributed by atoms with Crippen molar-refractivity contribution in [3.8, 4) is 0 Å². The average molecular weight is 224 g/mol. The zero-order chi connectivity index (χ0) is 11.9. The van der Waals surface area contributed by atoms with Crippen molar-refractivity contribution in [3.63, 3.8) is 0 Å². The Labute approximate surface area is 94.0 Å². The van der Waals surface area contributed by atoms with Gasteiger partial charge in [0.2, 0.25) is 0 Å². The van der Waals surface area contributed by atoms with Crippen LogP contribution in [-0.4, -0.2) is 39.8 Å². The summed E-state index contributed by atoms with van der Waals surface area (Å²) < 4.78 is 4.84. The van der Waals surface area contributed by atoms with Gasteiger partial charge in [0.15, 0.2) is 0 Å². The van der Waals surface area contributed by atoms with E-state index in [2.05, 4.69) is 5.16 Å². The molecule has 16 heavy (non-hydrogen) atoms. The van der Waals surface area contributed by atoms with Crippen LogP contribution in [0.5, 0.6) is 0 Å².